The van der Waals surface area contributed by atoms with Crippen molar-refractivity contribution in [3.8, 4) is 0 Å². The quantitative estimate of drug-likeness (QED) is 0.296. The Kier molecular flexibility index (Phi) is 9.05. The molecule has 2 aromatic carbocycles. The third-order valence-electron chi connectivity index (χ3n) is 11.4. The SMILES string of the molecule is Cc1nc2ccccc2n1C1CC2CCC(C1)N2CCC1(c2cccc(F)c2)CCN(C(=O)[C@@H](NC(=O)C(C)(C)C)C(C)(C)C)CC1. The van der Waals surface area contributed by atoms with Crippen LogP contribution in [0.3, 0.4) is 0 Å². The molecule has 6 rings (SSSR count). The molecule has 254 valence electrons. The number of hydrogen-bond donors (Lipinski definition) is 1. The van der Waals surface area contributed by atoms with Crippen molar-refractivity contribution in [2.45, 2.75) is 123 Å². The second-order valence-electron chi connectivity index (χ2n) is 16.7. The van der Waals surface area contributed by atoms with E-state index in [1.165, 1.54) is 24.4 Å². The maximum absolute atomic E-state index is 14.7. The number of halogens is 1. The van der Waals surface area contributed by atoms with E-state index in [4.69, 9.17) is 4.98 Å². The number of hydrogen-bond acceptors (Lipinski definition) is 4. The van der Waals surface area contributed by atoms with Gasteiger partial charge in [-0.1, -0.05) is 65.8 Å². The Labute approximate surface area is 280 Å². The number of benzene rings is 2. The van der Waals surface area contributed by atoms with E-state index >= 15 is 0 Å². The van der Waals surface area contributed by atoms with Gasteiger partial charge in [0.15, 0.2) is 0 Å². The minimum absolute atomic E-state index is 0.0228. The van der Waals surface area contributed by atoms with Crippen molar-refractivity contribution in [2.24, 2.45) is 10.8 Å². The molecule has 3 saturated heterocycles. The first-order chi connectivity index (χ1) is 22.2. The van der Waals surface area contributed by atoms with E-state index in [0.717, 1.165) is 55.6 Å². The molecule has 0 radical (unpaired) electrons. The topological polar surface area (TPSA) is 70.5 Å². The molecule has 0 spiro atoms. The van der Waals surface area contributed by atoms with Gasteiger partial charge in [0.25, 0.3) is 0 Å². The number of amides is 2. The zero-order valence-electron chi connectivity index (χ0n) is 29.5. The lowest BCUT2D eigenvalue weighted by molar-refractivity contribution is -0.142. The smallest absolute Gasteiger partial charge is 0.245 e. The molecule has 0 saturated carbocycles. The molecule has 2 amide bonds. The molecule has 8 heteroatoms. The summed E-state index contributed by atoms with van der Waals surface area (Å²) in [4.78, 5) is 36.5. The molecule has 2 unspecified atom stereocenters. The minimum atomic E-state index is -0.607. The Morgan fingerprint density at radius 3 is 2.23 bits per heavy atom. The largest absolute Gasteiger partial charge is 0.343 e. The van der Waals surface area contributed by atoms with Gasteiger partial charge in [0.1, 0.15) is 17.7 Å². The molecule has 4 heterocycles. The van der Waals surface area contributed by atoms with Crippen molar-refractivity contribution in [3.05, 3.63) is 65.7 Å². The number of aryl methyl sites for hydroxylation is 1. The zero-order valence-corrected chi connectivity index (χ0v) is 29.5. The predicted octanol–water partition coefficient (Wildman–Crippen LogP) is 7.18. The number of likely N-dealkylation sites (tertiary alicyclic amines) is 1. The third kappa shape index (κ3) is 6.72. The van der Waals surface area contributed by atoms with Crippen molar-refractivity contribution < 1.29 is 14.0 Å². The second kappa shape index (κ2) is 12.6. The molecular weight excluding hydrogens is 589 g/mol. The molecule has 3 aromatic rings. The van der Waals surface area contributed by atoms with Crippen LogP contribution in [-0.4, -0.2) is 68.9 Å². The van der Waals surface area contributed by atoms with E-state index < -0.39 is 16.9 Å². The van der Waals surface area contributed by atoms with Crippen LogP contribution < -0.4 is 5.32 Å². The monoisotopic (exact) mass is 643 g/mol. The van der Waals surface area contributed by atoms with Gasteiger partial charge in [-0.25, -0.2) is 9.37 Å². The first-order valence-corrected chi connectivity index (χ1v) is 17.7. The molecule has 0 aliphatic carbocycles. The van der Waals surface area contributed by atoms with Gasteiger partial charge < -0.3 is 14.8 Å². The van der Waals surface area contributed by atoms with Gasteiger partial charge in [-0.3, -0.25) is 14.5 Å². The molecule has 3 aliphatic heterocycles. The normalized spacial score (nSPS) is 24.0. The van der Waals surface area contributed by atoms with Gasteiger partial charge in [0, 0.05) is 36.6 Å². The lowest BCUT2D eigenvalue weighted by Gasteiger charge is -2.46. The van der Waals surface area contributed by atoms with Crippen molar-refractivity contribution in [3.63, 3.8) is 0 Å². The van der Waals surface area contributed by atoms with Crippen LogP contribution >= 0.6 is 0 Å². The Balaban J connectivity index is 1.17. The fraction of sp³-hybridized carbons (Fsp3) is 0.615. The molecule has 3 fully saturated rings. The number of rotatable bonds is 7. The molecule has 1 aromatic heterocycles. The summed E-state index contributed by atoms with van der Waals surface area (Å²) in [6, 6.07) is 16.5. The summed E-state index contributed by atoms with van der Waals surface area (Å²) in [6.45, 7) is 15.9. The number of carbonyl (C=O) groups is 2. The number of piperidine rings is 2. The first kappa shape index (κ1) is 33.6. The summed E-state index contributed by atoms with van der Waals surface area (Å²) in [5.74, 6) is 0.751. The highest BCUT2D eigenvalue weighted by molar-refractivity contribution is 5.90. The zero-order chi connectivity index (χ0) is 33.7. The van der Waals surface area contributed by atoms with Crippen molar-refractivity contribution in [2.75, 3.05) is 19.6 Å². The van der Waals surface area contributed by atoms with E-state index in [1.807, 2.05) is 52.5 Å². The Morgan fingerprint density at radius 2 is 1.62 bits per heavy atom. The summed E-state index contributed by atoms with van der Waals surface area (Å²) in [5.41, 5.74) is 2.13. The average molecular weight is 644 g/mol. The standard InChI is InChI=1S/C39H54FN5O2/c1-26-41-32-13-8-9-14-33(32)45(26)31-24-29-15-16-30(25-31)44(29)22-19-39(27-11-10-12-28(40)23-27)17-20-43(21-18-39)35(46)34(37(2,3)4)42-36(47)38(5,6)7/h8-14,23,29-31,34H,15-22,24-25H2,1-7H3,(H,42,47)/t29?,30?,31?,34-/m1/s1. The predicted molar refractivity (Wildman–Crippen MR) is 186 cm³/mol. The van der Waals surface area contributed by atoms with Gasteiger partial charge in [0.2, 0.25) is 11.8 Å². The van der Waals surface area contributed by atoms with E-state index in [-0.39, 0.29) is 23.0 Å². The van der Waals surface area contributed by atoms with Crippen molar-refractivity contribution in [1.29, 1.82) is 0 Å². The van der Waals surface area contributed by atoms with Gasteiger partial charge in [0.05, 0.1) is 11.0 Å². The first-order valence-electron chi connectivity index (χ1n) is 17.7. The maximum Gasteiger partial charge on any atom is 0.245 e. The summed E-state index contributed by atoms with van der Waals surface area (Å²) in [5, 5.41) is 3.07. The lowest BCUT2D eigenvalue weighted by atomic mass is 9.70. The lowest BCUT2D eigenvalue weighted by Crippen LogP contribution is -2.58. The Bertz CT molecular complexity index is 1600. The van der Waals surface area contributed by atoms with Crippen LogP contribution in [-0.2, 0) is 15.0 Å². The van der Waals surface area contributed by atoms with E-state index in [1.54, 1.807) is 6.07 Å². The van der Waals surface area contributed by atoms with Crippen LogP contribution in [0.5, 0.6) is 0 Å². The van der Waals surface area contributed by atoms with Crippen LogP contribution in [0.4, 0.5) is 4.39 Å². The maximum atomic E-state index is 14.7. The fourth-order valence-electron chi connectivity index (χ4n) is 8.63. The second-order valence-corrected chi connectivity index (χ2v) is 16.7. The Hall–Kier alpha value is -3.26. The third-order valence-corrected chi connectivity index (χ3v) is 11.4. The average Bonchev–Trinajstić information content (AvgIpc) is 3.47. The van der Waals surface area contributed by atoms with Gasteiger partial charge in [-0.2, -0.15) is 0 Å². The molecular formula is C39H54FN5O2. The highest BCUT2D eigenvalue weighted by atomic mass is 19.1. The van der Waals surface area contributed by atoms with Crippen LogP contribution in [0.1, 0.15) is 104 Å². The van der Waals surface area contributed by atoms with Crippen LogP contribution in [0.15, 0.2) is 48.5 Å². The highest BCUT2D eigenvalue weighted by Gasteiger charge is 2.45. The number of carbonyl (C=O) groups excluding carboxylic acids is 2. The highest BCUT2D eigenvalue weighted by Crippen LogP contribution is 2.45. The molecule has 47 heavy (non-hydrogen) atoms. The molecule has 2 bridgehead atoms. The van der Waals surface area contributed by atoms with Gasteiger partial charge >= 0.3 is 0 Å². The number of aromatic nitrogens is 2. The summed E-state index contributed by atoms with van der Waals surface area (Å²) in [6.07, 6.45) is 7.18. The van der Waals surface area contributed by atoms with Gasteiger partial charge in [-0.05, 0) is 99.1 Å². The van der Waals surface area contributed by atoms with Crippen LogP contribution in [0.2, 0.25) is 0 Å². The van der Waals surface area contributed by atoms with Crippen molar-refractivity contribution >= 4 is 22.8 Å². The number of imidazole rings is 1. The number of nitrogens with zero attached hydrogens (tertiary/aromatic N) is 4. The summed E-state index contributed by atoms with van der Waals surface area (Å²) in [7, 11) is 0. The van der Waals surface area contributed by atoms with E-state index in [9.17, 15) is 14.0 Å². The number of fused-ring (bicyclic) bond motifs is 3. The molecule has 3 aliphatic rings. The van der Waals surface area contributed by atoms with E-state index in [2.05, 4.69) is 52.0 Å². The molecule has 1 N–H and O–H groups in total. The molecule has 3 atom stereocenters. The molecule has 7 nitrogen and oxygen atoms in total. The minimum Gasteiger partial charge on any atom is -0.343 e. The van der Waals surface area contributed by atoms with Crippen molar-refractivity contribution in [1.82, 2.24) is 24.7 Å². The van der Waals surface area contributed by atoms with Crippen LogP contribution in [0.25, 0.3) is 11.0 Å². The fourth-order valence-corrected chi connectivity index (χ4v) is 8.63. The summed E-state index contributed by atoms with van der Waals surface area (Å²) < 4.78 is 17.2. The van der Waals surface area contributed by atoms with Gasteiger partial charge in [-0.15, -0.1) is 0 Å². The van der Waals surface area contributed by atoms with E-state index in [0.29, 0.717) is 31.2 Å². The number of nitrogens with one attached hydrogen (secondary N) is 1. The number of para-hydroxylation sites is 2. The summed E-state index contributed by atoms with van der Waals surface area (Å²) >= 11 is 0. The Morgan fingerprint density at radius 1 is 0.957 bits per heavy atom. The van der Waals surface area contributed by atoms with Crippen LogP contribution in [0, 0.1) is 23.6 Å².